The van der Waals surface area contributed by atoms with Crippen molar-refractivity contribution in [1.29, 1.82) is 0 Å². The van der Waals surface area contributed by atoms with Crippen LogP contribution in [0.25, 0.3) is 11.5 Å². The molecule has 0 radical (unpaired) electrons. The topological polar surface area (TPSA) is 58.7 Å². The molecule has 2 heterocycles. The Morgan fingerprint density at radius 3 is 2.79 bits per heavy atom. The van der Waals surface area contributed by atoms with Crippen molar-refractivity contribution in [2.75, 3.05) is 20.3 Å². The number of aliphatic hydroxyl groups excluding tert-OH is 1. The number of hydrogen-bond acceptors (Lipinski definition) is 5. The van der Waals surface area contributed by atoms with Crippen molar-refractivity contribution in [3.05, 3.63) is 34.7 Å². The fraction of sp³-hybridized carbons (Fsp3) is 0.526. The van der Waals surface area contributed by atoms with Gasteiger partial charge < -0.3 is 14.3 Å². The average molecular weight is 330 g/mol. The number of benzene rings is 1. The first kappa shape index (κ1) is 17.0. The van der Waals surface area contributed by atoms with Crippen molar-refractivity contribution in [3.63, 3.8) is 0 Å². The van der Waals surface area contributed by atoms with Gasteiger partial charge in [-0.05, 0) is 63.4 Å². The van der Waals surface area contributed by atoms with Crippen LogP contribution in [0.5, 0.6) is 5.75 Å². The van der Waals surface area contributed by atoms with Gasteiger partial charge in [0.15, 0.2) is 0 Å². The number of aliphatic hydroxyl groups is 1. The summed E-state index contributed by atoms with van der Waals surface area (Å²) < 4.78 is 11.3. The number of methoxy groups -OCH3 is 1. The monoisotopic (exact) mass is 330 g/mol. The van der Waals surface area contributed by atoms with Gasteiger partial charge in [-0.1, -0.05) is 0 Å². The van der Waals surface area contributed by atoms with Crippen molar-refractivity contribution in [2.45, 2.75) is 46.2 Å². The van der Waals surface area contributed by atoms with Crippen molar-refractivity contribution in [1.82, 2.24) is 9.88 Å². The minimum Gasteiger partial charge on any atom is -0.496 e. The maximum atomic E-state index is 9.49. The normalized spacial score (nSPS) is 18.3. The second kappa shape index (κ2) is 6.95. The SMILES string of the molecule is COc1ccc(-c2nc(CN3CCC[C@H]3CO)c(C)o2)c(C)c1C. The lowest BCUT2D eigenvalue weighted by Gasteiger charge is -2.21. The van der Waals surface area contributed by atoms with Crippen LogP contribution < -0.4 is 4.74 Å². The zero-order valence-electron chi connectivity index (χ0n) is 14.9. The average Bonchev–Trinajstić information content (AvgIpc) is 3.17. The van der Waals surface area contributed by atoms with Gasteiger partial charge >= 0.3 is 0 Å². The molecular weight excluding hydrogens is 304 g/mol. The Morgan fingerprint density at radius 2 is 2.08 bits per heavy atom. The van der Waals surface area contributed by atoms with E-state index in [-0.39, 0.29) is 12.6 Å². The largest absolute Gasteiger partial charge is 0.496 e. The van der Waals surface area contributed by atoms with Gasteiger partial charge in [0.25, 0.3) is 0 Å². The third-order valence-corrected chi connectivity index (χ3v) is 5.14. The highest BCUT2D eigenvalue weighted by molar-refractivity contribution is 5.63. The maximum absolute atomic E-state index is 9.49. The van der Waals surface area contributed by atoms with Gasteiger partial charge in [-0.15, -0.1) is 0 Å². The summed E-state index contributed by atoms with van der Waals surface area (Å²) in [6.07, 6.45) is 2.18. The highest BCUT2D eigenvalue weighted by Gasteiger charge is 2.26. The van der Waals surface area contributed by atoms with E-state index in [4.69, 9.17) is 14.1 Å². The van der Waals surface area contributed by atoms with Crippen LogP contribution in [0.4, 0.5) is 0 Å². The maximum Gasteiger partial charge on any atom is 0.226 e. The minimum atomic E-state index is 0.209. The molecule has 1 N–H and O–H groups in total. The third-order valence-electron chi connectivity index (χ3n) is 5.14. The number of aromatic nitrogens is 1. The molecule has 0 aliphatic carbocycles. The van der Waals surface area contributed by atoms with Gasteiger partial charge in [0.05, 0.1) is 19.4 Å². The second-order valence-corrected chi connectivity index (χ2v) is 6.54. The summed E-state index contributed by atoms with van der Waals surface area (Å²) in [4.78, 5) is 7.03. The van der Waals surface area contributed by atoms with Gasteiger partial charge in [0.2, 0.25) is 5.89 Å². The van der Waals surface area contributed by atoms with Crippen LogP contribution >= 0.6 is 0 Å². The van der Waals surface area contributed by atoms with E-state index in [1.165, 1.54) is 0 Å². The molecule has 0 spiro atoms. The molecule has 0 bridgehead atoms. The third kappa shape index (κ3) is 3.06. The molecule has 130 valence electrons. The van der Waals surface area contributed by atoms with E-state index in [0.29, 0.717) is 5.89 Å². The molecule has 0 saturated carbocycles. The zero-order valence-corrected chi connectivity index (χ0v) is 14.9. The van der Waals surface area contributed by atoms with Crippen LogP contribution in [-0.2, 0) is 6.54 Å². The lowest BCUT2D eigenvalue weighted by atomic mass is 10.0. The first-order valence-electron chi connectivity index (χ1n) is 8.51. The van der Waals surface area contributed by atoms with E-state index in [0.717, 1.165) is 59.8 Å². The highest BCUT2D eigenvalue weighted by atomic mass is 16.5. The van der Waals surface area contributed by atoms with Crippen LogP contribution in [0.3, 0.4) is 0 Å². The van der Waals surface area contributed by atoms with Crippen LogP contribution in [0.15, 0.2) is 16.5 Å². The Hall–Kier alpha value is -1.85. The number of nitrogens with zero attached hydrogens (tertiary/aromatic N) is 2. The van der Waals surface area contributed by atoms with E-state index in [1.807, 2.05) is 26.0 Å². The quantitative estimate of drug-likeness (QED) is 0.912. The summed E-state index contributed by atoms with van der Waals surface area (Å²) in [5, 5.41) is 9.49. The van der Waals surface area contributed by atoms with Crippen molar-refractivity contribution in [2.24, 2.45) is 0 Å². The number of likely N-dealkylation sites (tertiary alicyclic amines) is 1. The molecule has 1 aromatic carbocycles. The summed E-state index contributed by atoms with van der Waals surface area (Å²) in [5.74, 6) is 2.38. The van der Waals surface area contributed by atoms with Crippen molar-refractivity contribution in [3.8, 4) is 17.2 Å². The first-order chi connectivity index (χ1) is 11.5. The Labute approximate surface area is 143 Å². The summed E-state index contributed by atoms with van der Waals surface area (Å²) >= 11 is 0. The fourth-order valence-electron chi connectivity index (χ4n) is 3.44. The lowest BCUT2D eigenvalue weighted by molar-refractivity contribution is 0.152. The first-order valence-corrected chi connectivity index (χ1v) is 8.51. The van der Waals surface area contributed by atoms with Crippen molar-refractivity contribution < 1.29 is 14.3 Å². The smallest absolute Gasteiger partial charge is 0.226 e. The molecule has 1 saturated heterocycles. The zero-order chi connectivity index (χ0) is 17.3. The molecule has 0 unspecified atom stereocenters. The lowest BCUT2D eigenvalue weighted by Crippen LogP contribution is -2.31. The number of oxazole rings is 1. The van der Waals surface area contributed by atoms with E-state index in [9.17, 15) is 5.11 Å². The molecular formula is C19H26N2O3. The minimum absolute atomic E-state index is 0.209. The van der Waals surface area contributed by atoms with E-state index >= 15 is 0 Å². The molecule has 24 heavy (non-hydrogen) atoms. The standard InChI is InChI=1S/C19H26N2O3/c1-12-13(2)18(23-4)8-7-16(12)19-20-17(14(3)24-19)10-21-9-5-6-15(21)11-22/h7-8,15,22H,5-6,9-11H2,1-4H3/t15-/m0/s1. The molecule has 5 nitrogen and oxygen atoms in total. The highest BCUT2D eigenvalue weighted by Crippen LogP contribution is 2.32. The molecule has 1 fully saturated rings. The molecule has 1 atom stereocenters. The molecule has 3 rings (SSSR count). The van der Waals surface area contributed by atoms with Crippen LogP contribution in [0.1, 0.15) is 35.4 Å². The predicted molar refractivity (Wildman–Crippen MR) is 93.2 cm³/mol. The Kier molecular flexibility index (Phi) is 4.92. The number of aryl methyl sites for hydroxylation is 1. The molecule has 1 aromatic heterocycles. The number of hydrogen-bond donors (Lipinski definition) is 1. The number of rotatable bonds is 5. The van der Waals surface area contributed by atoms with Crippen molar-refractivity contribution >= 4 is 0 Å². The summed E-state index contributed by atoms with van der Waals surface area (Å²) in [5.41, 5.74) is 4.19. The predicted octanol–water partition coefficient (Wildman–Crippen LogP) is 3.23. The summed E-state index contributed by atoms with van der Waals surface area (Å²) in [6, 6.07) is 4.20. The molecule has 2 aromatic rings. The second-order valence-electron chi connectivity index (χ2n) is 6.54. The van der Waals surface area contributed by atoms with E-state index in [1.54, 1.807) is 7.11 Å². The molecule has 0 amide bonds. The van der Waals surface area contributed by atoms with Gasteiger partial charge in [-0.3, -0.25) is 4.90 Å². The van der Waals surface area contributed by atoms with Gasteiger partial charge in [-0.2, -0.15) is 0 Å². The van der Waals surface area contributed by atoms with E-state index < -0.39 is 0 Å². The van der Waals surface area contributed by atoms with Crippen LogP contribution in [0.2, 0.25) is 0 Å². The Bertz CT molecular complexity index is 724. The number of ether oxygens (including phenoxy) is 1. The van der Waals surface area contributed by atoms with Crippen LogP contribution in [0, 0.1) is 20.8 Å². The molecule has 1 aliphatic rings. The van der Waals surface area contributed by atoms with E-state index in [2.05, 4.69) is 11.8 Å². The van der Waals surface area contributed by atoms with Gasteiger partial charge in [-0.25, -0.2) is 4.98 Å². The Morgan fingerprint density at radius 1 is 1.29 bits per heavy atom. The summed E-state index contributed by atoms with van der Waals surface area (Å²) in [6.45, 7) is 8.02. The fourth-order valence-corrected chi connectivity index (χ4v) is 3.44. The molecule has 5 heteroatoms. The summed E-state index contributed by atoms with van der Waals surface area (Å²) in [7, 11) is 1.68. The van der Waals surface area contributed by atoms with Gasteiger partial charge in [0.1, 0.15) is 11.5 Å². The van der Waals surface area contributed by atoms with Gasteiger partial charge in [0, 0.05) is 18.2 Å². The molecule has 1 aliphatic heterocycles. The van der Waals surface area contributed by atoms with Crippen LogP contribution in [-0.4, -0.2) is 41.3 Å². The Balaban J connectivity index is 1.88.